The number of carbonyl (C=O) groups excluding carboxylic acids is 1. The molecule has 1 heterocycles. The molecule has 0 radical (unpaired) electrons. The van der Waals surface area contributed by atoms with E-state index in [4.69, 9.17) is 23.2 Å². The number of nitrogens with zero attached hydrogens (tertiary/aromatic N) is 2. The van der Waals surface area contributed by atoms with Gasteiger partial charge in [0.2, 0.25) is 5.82 Å². The van der Waals surface area contributed by atoms with Gasteiger partial charge in [-0.2, -0.15) is 0 Å². The molecular weight excluding hydrogens is 365 g/mol. The summed E-state index contributed by atoms with van der Waals surface area (Å²) in [5, 5.41) is 13.6. The molecule has 0 fully saturated rings. The molecule has 2 N–H and O–H groups in total. The van der Waals surface area contributed by atoms with Crippen molar-refractivity contribution >= 4 is 51.5 Å². The van der Waals surface area contributed by atoms with Crippen LogP contribution in [0, 0.1) is 6.92 Å². The molecule has 0 bridgehead atoms. The molecule has 0 unspecified atom stereocenters. The number of amides is 1. The first-order valence-electron chi connectivity index (χ1n) is 7.12. The summed E-state index contributed by atoms with van der Waals surface area (Å²) in [6.45, 7) is 1.73. The maximum Gasteiger partial charge on any atom is 0.335 e. The van der Waals surface area contributed by atoms with Crippen LogP contribution in [0.4, 0.5) is 5.69 Å². The normalized spacial score (nSPS) is 10.7. The van der Waals surface area contributed by atoms with E-state index in [0.717, 1.165) is 0 Å². The molecule has 126 valence electrons. The van der Waals surface area contributed by atoms with Crippen LogP contribution < -0.4 is 5.32 Å². The van der Waals surface area contributed by atoms with Gasteiger partial charge in [-0.15, -0.1) is 0 Å². The van der Waals surface area contributed by atoms with Gasteiger partial charge < -0.3 is 10.4 Å². The number of rotatable bonds is 3. The van der Waals surface area contributed by atoms with Crippen molar-refractivity contribution in [2.45, 2.75) is 6.92 Å². The van der Waals surface area contributed by atoms with Gasteiger partial charge in [0, 0.05) is 22.3 Å². The number of halogens is 2. The van der Waals surface area contributed by atoms with Crippen molar-refractivity contribution in [1.82, 2.24) is 9.97 Å². The Morgan fingerprint density at radius 1 is 1.16 bits per heavy atom. The van der Waals surface area contributed by atoms with Crippen LogP contribution in [0.5, 0.6) is 0 Å². The van der Waals surface area contributed by atoms with E-state index in [1.165, 1.54) is 24.4 Å². The average Bonchev–Trinajstić information content (AvgIpc) is 2.53. The maximum absolute atomic E-state index is 12.4. The number of aryl methyl sites for hydroxylation is 1. The first-order chi connectivity index (χ1) is 11.8. The van der Waals surface area contributed by atoms with Crippen LogP contribution in [0.25, 0.3) is 10.8 Å². The van der Waals surface area contributed by atoms with Crippen LogP contribution in [0.1, 0.15) is 26.7 Å². The summed E-state index contributed by atoms with van der Waals surface area (Å²) in [6, 6.07) is 7.53. The molecular formula is C17H11Cl2N3O3. The lowest BCUT2D eigenvalue weighted by atomic mass is 10.0. The molecule has 0 aliphatic carbocycles. The second kappa shape index (κ2) is 6.66. The number of hydrogen-bond acceptors (Lipinski definition) is 4. The summed E-state index contributed by atoms with van der Waals surface area (Å²) in [4.78, 5) is 31.7. The first-order valence-corrected chi connectivity index (χ1v) is 7.88. The number of carboxylic acid groups (broad SMARTS) is 1. The van der Waals surface area contributed by atoms with Crippen molar-refractivity contribution in [3.05, 3.63) is 63.7 Å². The van der Waals surface area contributed by atoms with E-state index in [0.29, 0.717) is 26.5 Å². The van der Waals surface area contributed by atoms with Gasteiger partial charge in [0.25, 0.3) is 5.91 Å². The fourth-order valence-corrected chi connectivity index (χ4v) is 3.00. The molecule has 0 saturated carbocycles. The fourth-order valence-electron chi connectivity index (χ4n) is 2.39. The quantitative estimate of drug-likeness (QED) is 0.715. The predicted octanol–water partition coefficient (Wildman–Crippen LogP) is 4.20. The summed E-state index contributed by atoms with van der Waals surface area (Å²) in [5.74, 6) is -1.74. The zero-order valence-corrected chi connectivity index (χ0v) is 14.4. The number of fused-ring (bicyclic) bond motifs is 1. The predicted molar refractivity (Wildman–Crippen MR) is 95.6 cm³/mol. The Morgan fingerprint density at radius 3 is 2.60 bits per heavy atom. The fraction of sp³-hybridized carbons (Fsp3) is 0.0588. The molecule has 0 spiro atoms. The Bertz CT molecular complexity index is 1020. The highest BCUT2D eigenvalue weighted by atomic mass is 35.5. The summed E-state index contributed by atoms with van der Waals surface area (Å²) in [5.41, 5.74) is 0.868. The van der Waals surface area contributed by atoms with Crippen LogP contribution in [0.15, 0.2) is 36.5 Å². The van der Waals surface area contributed by atoms with E-state index < -0.39 is 11.9 Å². The van der Waals surface area contributed by atoms with Gasteiger partial charge in [0.15, 0.2) is 0 Å². The molecule has 25 heavy (non-hydrogen) atoms. The van der Waals surface area contributed by atoms with Gasteiger partial charge >= 0.3 is 5.97 Å². The Balaban J connectivity index is 2.14. The zero-order chi connectivity index (χ0) is 18.1. The van der Waals surface area contributed by atoms with E-state index in [1.807, 2.05) is 0 Å². The van der Waals surface area contributed by atoms with Gasteiger partial charge in [-0.25, -0.2) is 14.8 Å². The molecule has 2 aromatic carbocycles. The van der Waals surface area contributed by atoms with E-state index in [1.54, 1.807) is 19.1 Å². The van der Waals surface area contributed by atoms with Crippen LogP contribution in [0.2, 0.25) is 10.0 Å². The number of aromatic nitrogens is 2. The van der Waals surface area contributed by atoms with Gasteiger partial charge in [-0.05, 0) is 42.6 Å². The zero-order valence-electron chi connectivity index (χ0n) is 12.9. The van der Waals surface area contributed by atoms with E-state index >= 15 is 0 Å². The Morgan fingerprint density at radius 2 is 1.92 bits per heavy atom. The van der Waals surface area contributed by atoms with E-state index in [-0.39, 0.29) is 17.1 Å². The van der Waals surface area contributed by atoms with Gasteiger partial charge in [-0.1, -0.05) is 23.2 Å². The third kappa shape index (κ3) is 3.55. The summed E-state index contributed by atoms with van der Waals surface area (Å²) in [6.07, 6.45) is 1.47. The van der Waals surface area contributed by atoms with E-state index in [2.05, 4.69) is 15.3 Å². The molecule has 0 aliphatic heterocycles. The lowest BCUT2D eigenvalue weighted by Crippen LogP contribution is -2.16. The average molecular weight is 376 g/mol. The smallest absolute Gasteiger partial charge is 0.335 e. The molecule has 0 saturated heterocycles. The minimum atomic E-state index is -1.14. The molecule has 0 atom stereocenters. The van der Waals surface area contributed by atoms with Gasteiger partial charge in [0.1, 0.15) is 0 Å². The lowest BCUT2D eigenvalue weighted by molar-refractivity contribution is 0.0696. The minimum absolute atomic E-state index is 0.00806. The highest BCUT2D eigenvalue weighted by molar-refractivity contribution is 6.40. The minimum Gasteiger partial charge on any atom is -0.478 e. The Kier molecular flexibility index (Phi) is 4.57. The molecule has 8 heteroatoms. The van der Waals surface area contributed by atoms with Crippen molar-refractivity contribution in [1.29, 1.82) is 0 Å². The number of nitrogens with one attached hydrogen (secondary N) is 1. The maximum atomic E-state index is 12.4. The largest absolute Gasteiger partial charge is 0.478 e. The number of carboxylic acids is 1. The second-order valence-corrected chi connectivity index (χ2v) is 6.13. The van der Waals surface area contributed by atoms with Crippen LogP contribution in [0.3, 0.4) is 0 Å². The van der Waals surface area contributed by atoms with Crippen LogP contribution in [-0.4, -0.2) is 27.0 Å². The first kappa shape index (κ1) is 17.1. The molecule has 1 amide bonds. The van der Waals surface area contributed by atoms with Gasteiger partial charge in [0.05, 0.1) is 16.3 Å². The summed E-state index contributed by atoms with van der Waals surface area (Å²) in [7, 11) is 0. The summed E-state index contributed by atoms with van der Waals surface area (Å²) < 4.78 is 0. The second-order valence-electron chi connectivity index (χ2n) is 5.29. The van der Waals surface area contributed by atoms with Crippen LogP contribution in [-0.2, 0) is 0 Å². The highest BCUT2D eigenvalue weighted by Crippen LogP contribution is 2.35. The van der Waals surface area contributed by atoms with Crippen LogP contribution >= 0.6 is 23.2 Å². The highest BCUT2D eigenvalue weighted by Gasteiger charge is 2.16. The molecule has 1 aromatic heterocycles. The van der Waals surface area contributed by atoms with Gasteiger partial charge in [-0.3, -0.25) is 4.79 Å². The number of carbonyl (C=O) groups is 2. The monoisotopic (exact) mass is 375 g/mol. The number of anilines is 1. The molecule has 0 aliphatic rings. The van der Waals surface area contributed by atoms with Crippen molar-refractivity contribution in [2.24, 2.45) is 0 Å². The van der Waals surface area contributed by atoms with E-state index in [9.17, 15) is 14.7 Å². The molecule has 3 rings (SSSR count). The van der Waals surface area contributed by atoms with Crippen molar-refractivity contribution in [2.75, 3.05) is 5.32 Å². The topological polar surface area (TPSA) is 92.2 Å². The third-order valence-corrected chi connectivity index (χ3v) is 3.98. The molecule has 3 aromatic rings. The van der Waals surface area contributed by atoms with Crippen molar-refractivity contribution < 1.29 is 14.7 Å². The number of aromatic carboxylic acids is 1. The third-order valence-electron chi connectivity index (χ3n) is 3.46. The molecule has 6 nitrogen and oxygen atoms in total. The number of hydrogen-bond donors (Lipinski definition) is 2. The standard InChI is InChI=1S/C17H11Cl2N3O3/c1-8-2-3-20-15(21-8)16(23)22-13-6-10(17(24)25)4-9-5-11(18)7-12(19)14(9)13/h2-7H,1H3,(H,22,23)(H,24,25). The number of benzene rings is 2. The summed E-state index contributed by atoms with van der Waals surface area (Å²) >= 11 is 12.2. The Hall–Kier alpha value is -2.70. The lowest BCUT2D eigenvalue weighted by Gasteiger charge is -2.12. The van der Waals surface area contributed by atoms with Crippen molar-refractivity contribution in [3.63, 3.8) is 0 Å². The Labute approximate surface area is 152 Å². The SMILES string of the molecule is Cc1ccnc(C(=O)Nc2cc(C(=O)O)cc3cc(Cl)cc(Cl)c23)n1. The van der Waals surface area contributed by atoms with Crippen molar-refractivity contribution in [3.8, 4) is 0 Å².